The minimum atomic E-state index is -1.85. The molecule has 16 heteroatoms. The number of azide groups is 1. The fourth-order valence-electron chi connectivity index (χ4n) is 4.69. The van der Waals surface area contributed by atoms with E-state index < -0.39 is 74.8 Å². The molecule has 2 heterocycles. The number of ether oxygens (including phenoxy) is 6. The van der Waals surface area contributed by atoms with Crippen LogP contribution in [0.15, 0.2) is 65.8 Å². The summed E-state index contributed by atoms with van der Waals surface area (Å²) < 4.78 is 60.4. The maximum atomic E-state index is 14.3. The van der Waals surface area contributed by atoms with Crippen LogP contribution in [0.25, 0.3) is 10.4 Å². The number of aliphatic hydroxyl groups is 4. The zero-order chi connectivity index (χ0) is 33.3. The highest BCUT2D eigenvalue weighted by Crippen LogP contribution is 2.28. The number of halogens is 3. The molecule has 13 nitrogen and oxygen atoms in total. The zero-order valence-electron chi connectivity index (χ0n) is 24.9. The fourth-order valence-corrected chi connectivity index (χ4v) is 4.78. The summed E-state index contributed by atoms with van der Waals surface area (Å²) >= 11 is 5.48. The van der Waals surface area contributed by atoms with Crippen molar-refractivity contribution in [2.45, 2.75) is 74.8 Å². The van der Waals surface area contributed by atoms with Crippen molar-refractivity contribution in [3.8, 4) is 0 Å². The van der Waals surface area contributed by atoms with Gasteiger partial charge in [0.2, 0.25) is 0 Å². The third-order valence-corrected chi connectivity index (χ3v) is 7.18. The Balaban J connectivity index is 0.000000251. The highest BCUT2D eigenvalue weighted by atomic mass is 35.5. The van der Waals surface area contributed by atoms with Crippen molar-refractivity contribution in [1.29, 1.82) is 0 Å². The molecular formula is C30H40ClF2N3O10. The quantitative estimate of drug-likeness (QED) is 0.0719. The molecule has 46 heavy (non-hydrogen) atoms. The van der Waals surface area contributed by atoms with Crippen LogP contribution in [0.1, 0.15) is 11.1 Å². The molecule has 0 spiro atoms. The smallest absolute Gasteiger partial charge is 0.192 e. The predicted octanol–water partition coefficient (Wildman–Crippen LogP) is 2.56. The molecule has 2 aromatic carbocycles. The number of aliphatic hydroxyl groups excluding tert-OH is 4. The molecule has 4 N–H and O–H groups in total. The number of hydrogen-bond acceptors (Lipinski definition) is 11. The number of nitrogens with zero attached hydrogens (tertiary/aromatic N) is 3. The third kappa shape index (κ3) is 11.3. The molecule has 2 fully saturated rings. The second kappa shape index (κ2) is 20.7. The van der Waals surface area contributed by atoms with Crippen molar-refractivity contribution in [2.24, 2.45) is 5.11 Å². The van der Waals surface area contributed by atoms with Gasteiger partial charge >= 0.3 is 0 Å². The highest BCUT2D eigenvalue weighted by Gasteiger charge is 2.47. The van der Waals surface area contributed by atoms with E-state index in [1.54, 1.807) is 0 Å². The minimum absolute atomic E-state index is 0.0108. The Morgan fingerprint density at radius 3 is 1.57 bits per heavy atom. The van der Waals surface area contributed by atoms with Crippen LogP contribution in [0.3, 0.4) is 0 Å². The molecule has 10 atom stereocenters. The van der Waals surface area contributed by atoms with E-state index >= 15 is 0 Å². The van der Waals surface area contributed by atoms with Crippen LogP contribution in [0, 0.1) is 0 Å². The van der Waals surface area contributed by atoms with Gasteiger partial charge < -0.3 is 48.8 Å². The first-order valence-corrected chi connectivity index (χ1v) is 15.2. The lowest BCUT2D eigenvalue weighted by Gasteiger charge is -2.40. The van der Waals surface area contributed by atoms with Crippen molar-refractivity contribution in [2.75, 3.05) is 38.9 Å². The van der Waals surface area contributed by atoms with Crippen molar-refractivity contribution in [1.82, 2.24) is 0 Å². The van der Waals surface area contributed by atoms with Gasteiger partial charge in [-0.25, -0.2) is 8.78 Å². The summed E-state index contributed by atoms with van der Waals surface area (Å²) in [7, 11) is 0. The zero-order valence-corrected chi connectivity index (χ0v) is 25.7. The number of alkyl halides is 3. The van der Waals surface area contributed by atoms with Crippen LogP contribution >= 0.6 is 11.6 Å². The second-order valence-electron chi connectivity index (χ2n) is 10.2. The molecule has 0 aromatic heterocycles. The minimum Gasteiger partial charge on any atom is -0.394 e. The molecule has 2 aromatic rings. The Labute approximate surface area is 270 Å². The van der Waals surface area contributed by atoms with Gasteiger partial charge in [0, 0.05) is 17.3 Å². The molecule has 2 aliphatic rings. The van der Waals surface area contributed by atoms with Crippen molar-refractivity contribution in [3.63, 3.8) is 0 Å². The molecule has 0 aliphatic carbocycles. The summed E-state index contributed by atoms with van der Waals surface area (Å²) in [5, 5.41) is 42.3. The fraction of sp³-hybridized carbons (Fsp3) is 0.600. The van der Waals surface area contributed by atoms with Gasteiger partial charge in [-0.15, -0.1) is 11.6 Å². The standard InChI is InChI=1S/C15H20ClFO5.C15H20FN3O5/c16-6-7-20-15-12(17)13(19)14(11(8-18)22-15)21-9-10-4-2-1-3-5-10;16-12-13(21)14(23-9-10-4-2-1-3-5-10)11(8-20)24-15(12)22-7-6-18-19-17/h1-5,11-15,18-19H,6-9H2;1-5,11-15,20-21H,6-9H2/t2*11-,12-,13-,14-,15-/m11/s1. The van der Waals surface area contributed by atoms with Crippen LogP contribution in [-0.4, -0.2) is 121 Å². The van der Waals surface area contributed by atoms with E-state index in [4.69, 9.17) is 45.6 Å². The normalized spacial score (nSPS) is 30.9. The van der Waals surface area contributed by atoms with E-state index in [2.05, 4.69) is 10.0 Å². The average molecular weight is 676 g/mol. The Morgan fingerprint density at radius 2 is 1.17 bits per heavy atom. The van der Waals surface area contributed by atoms with E-state index in [-0.39, 0.29) is 38.9 Å². The van der Waals surface area contributed by atoms with Crippen LogP contribution in [0.2, 0.25) is 0 Å². The van der Waals surface area contributed by atoms with Gasteiger partial charge in [-0.05, 0) is 16.7 Å². The summed E-state index contributed by atoms with van der Waals surface area (Å²) in [6, 6.07) is 18.5. The van der Waals surface area contributed by atoms with Crippen molar-refractivity contribution < 1.29 is 57.6 Å². The van der Waals surface area contributed by atoms with Gasteiger partial charge in [0.15, 0.2) is 24.9 Å². The first-order chi connectivity index (χ1) is 22.3. The van der Waals surface area contributed by atoms with E-state index in [9.17, 15) is 29.2 Å². The topological polar surface area (TPSA) is 185 Å². The van der Waals surface area contributed by atoms with Gasteiger partial charge in [0.25, 0.3) is 0 Å². The predicted molar refractivity (Wildman–Crippen MR) is 160 cm³/mol. The Bertz CT molecular complexity index is 1160. The van der Waals surface area contributed by atoms with Gasteiger partial charge in [-0.1, -0.05) is 65.8 Å². The molecule has 2 aliphatic heterocycles. The molecule has 256 valence electrons. The van der Waals surface area contributed by atoms with Crippen LogP contribution < -0.4 is 0 Å². The van der Waals surface area contributed by atoms with Crippen LogP contribution in [0.5, 0.6) is 0 Å². The van der Waals surface area contributed by atoms with Crippen LogP contribution in [0.4, 0.5) is 8.78 Å². The lowest BCUT2D eigenvalue weighted by Crippen LogP contribution is -2.58. The summed E-state index contributed by atoms with van der Waals surface area (Å²) in [6.07, 6.45) is -13.0. The van der Waals surface area contributed by atoms with Crippen LogP contribution in [-0.2, 0) is 41.6 Å². The summed E-state index contributed by atoms with van der Waals surface area (Å²) in [5.41, 5.74) is 9.90. The SMILES string of the molecule is OC[C@H]1O[C@@H](OCCCl)[C@H](F)[C@@H](O)[C@@H]1OCc1ccccc1.[N-]=[N+]=NCCO[C@@H]1O[C@H](CO)[C@@H](OCc2ccccc2)[C@H](O)[C@H]1F. The number of hydrogen-bond donors (Lipinski definition) is 4. The lowest BCUT2D eigenvalue weighted by atomic mass is 10.00. The maximum Gasteiger partial charge on any atom is 0.192 e. The van der Waals surface area contributed by atoms with Gasteiger partial charge in [0.05, 0.1) is 39.6 Å². The first kappa shape index (κ1) is 38.0. The number of benzene rings is 2. The summed E-state index contributed by atoms with van der Waals surface area (Å²) in [6.45, 7) is -0.497. The summed E-state index contributed by atoms with van der Waals surface area (Å²) in [5.74, 6) is 0.181. The number of rotatable bonds is 15. The molecule has 0 radical (unpaired) electrons. The Morgan fingerprint density at radius 1 is 0.739 bits per heavy atom. The summed E-state index contributed by atoms with van der Waals surface area (Å²) in [4.78, 5) is 2.55. The molecule has 0 unspecified atom stereocenters. The molecule has 2 saturated heterocycles. The van der Waals surface area contributed by atoms with Crippen molar-refractivity contribution in [3.05, 3.63) is 82.2 Å². The Kier molecular flexibility index (Phi) is 17.1. The maximum absolute atomic E-state index is 14.3. The molecule has 0 bridgehead atoms. The molecule has 0 amide bonds. The van der Waals surface area contributed by atoms with Gasteiger partial charge in [-0.2, -0.15) is 0 Å². The lowest BCUT2D eigenvalue weighted by molar-refractivity contribution is -0.294. The monoisotopic (exact) mass is 675 g/mol. The first-order valence-electron chi connectivity index (χ1n) is 14.6. The van der Waals surface area contributed by atoms with E-state index in [0.29, 0.717) is 0 Å². The largest absolute Gasteiger partial charge is 0.394 e. The molecular weight excluding hydrogens is 636 g/mol. The van der Waals surface area contributed by atoms with E-state index in [1.807, 2.05) is 60.7 Å². The second-order valence-corrected chi connectivity index (χ2v) is 10.6. The van der Waals surface area contributed by atoms with Crippen molar-refractivity contribution >= 4 is 11.6 Å². The van der Waals surface area contributed by atoms with E-state index in [1.165, 1.54) is 0 Å². The average Bonchev–Trinajstić information content (AvgIpc) is 3.09. The molecule has 0 saturated carbocycles. The van der Waals surface area contributed by atoms with Gasteiger partial charge in [-0.3, -0.25) is 0 Å². The highest BCUT2D eigenvalue weighted by molar-refractivity contribution is 6.17. The van der Waals surface area contributed by atoms with Gasteiger partial charge in [0.1, 0.15) is 36.6 Å². The third-order valence-electron chi connectivity index (χ3n) is 7.02. The van der Waals surface area contributed by atoms with E-state index in [0.717, 1.165) is 11.1 Å². The molecule has 4 rings (SSSR count). The Hall–Kier alpha value is -2.50.